The van der Waals surface area contributed by atoms with Crippen LogP contribution in [0.5, 0.6) is 0 Å². The highest BCUT2D eigenvalue weighted by Crippen LogP contribution is 2.28. The highest BCUT2D eigenvalue weighted by molar-refractivity contribution is 6.30. The summed E-state index contributed by atoms with van der Waals surface area (Å²) in [5, 5.41) is 0.569. The first-order valence-corrected chi connectivity index (χ1v) is 12.1. The zero-order valence-corrected chi connectivity index (χ0v) is 20.4. The van der Waals surface area contributed by atoms with Crippen LogP contribution in [0.4, 0.5) is 5.69 Å². The van der Waals surface area contributed by atoms with Crippen LogP contribution in [0, 0.1) is 0 Å². The zero-order valence-electron chi connectivity index (χ0n) is 19.7. The average Bonchev–Trinajstić information content (AvgIpc) is 3.21. The van der Waals surface area contributed by atoms with Gasteiger partial charge in [0.1, 0.15) is 12.4 Å². The molecule has 2 aliphatic rings. The summed E-state index contributed by atoms with van der Waals surface area (Å²) in [4.78, 5) is 36.7. The van der Waals surface area contributed by atoms with E-state index in [1.54, 1.807) is 34.1 Å². The molecule has 6 nitrogen and oxygen atoms in total. The molecule has 0 unspecified atom stereocenters. The smallest absolute Gasteiger partial charge is 0.254 e. The Balaban J connectivity index is 1.35. The Kier molecular flexibility index (Phi) is 6.55. The lowest BCUT2D eigenvalue weighted by molar-refractivity contribution is -0.119. The Hall–Kier alpha value is -3.64. The molecule has 0 aromatic heterocycles. The van der Waals surface area contributed by atoms with E-state index >= 15 is 0 Å². The van der Waals surface area contributed by atoms with E-state index in [0.717, 1.165) is 42.2 Å². The lowest BCUT2D eigenvalue weighted by Crippen LogP contribution is -2.39. The maximum atomic E-state index is 13.4. The van der Waals surface area contributed by atoms with Gasteiger partial charge in [0, 0.05) is 42.8 Å². The number of amides is 2. The first-order chi connectivity index (χ1) is 17.0. The molecule has 2 amide bonds. The molecule has 0 atom stereocenters. The van der Waals surface area contributed by atoms with Gasteiger partial charge in [-0.1, -0.05) is 54.1 Å². The summed E-state index contributed by atoms with van der Waals surface area (Å²) in [7, 11) is 2.07. The van der Waals surface area contributed by atoms with E-state index in [-0.39, 0.29) is 18.4 Å². The van der Waals surface area contributed by atoms with Crippen LogP contribution in [0.25, 0.3) is 0 Å². The molecule has 0 saturated carbocycles. The minimum Gasteiger partial charge on any atom is -0.361 e. The van der Waals surface area contributed by atoms with Gasteiger partial charge < -0.3 is 14.7 Å². The second-order valence-electron chi connectivity index (χ2n) is 8.99. The number of carbonyl (C=O) groups excluding carboxylic acids is 2. The number of para-hydroxylation sites is 1. The molecule has 0 spiro atoms. The molecule has 5 rings (SSSR count). The van der Waals surface area contributed by atoms with Crippen LogP contribution in [0.15, 0.2) is 77.8 Å². The van der Waals surface area contributed by atoms with Gasteiger partial charge in [0.05, 0.1) is 13.1 Å². The minimum atomic E-state index is -0.184. The van der Waals surface area contributed by atoms with Crippen LogP contribution in [0.1, 0.15) is 27.0 Å². The quantitative estimate of drug-likeness (QED) is 0.536. The summed E-state index contributed by atoms with van der Waals surface area (Å²) < 4.78 is 0. The third-order valence-electron chi connectivity index (χ3n) is 6.55. The first kappa shape index (κ1) is 23.1. The number of rotatable bonds is 5. The fourth-order valence-electron chi connectivity index (χ4n) is 4.54. The maximum Gasteiger partial charge on any atom is 0.254 e. The standard InChI is InChI=1S/C28H27ClN4O2/c1-31-15-14-30-26(31)16-20-6-8-21(9-7-20)17-33-25-5-3-2-4-23(25)18-32(19-27(33)34)28(35)22-10-12-24(29)13-11-22/h2-13H,14-19H2,1H3. The number of benzene rings is 3. The monoisotopic (exact) mass is 486 g/mol. The Morgan fingerprint density at radius 2 is 1.66 bits per heavy atom. The van der Waals surface area contributed by atoms with Gasteiger partial charge in [0.2, 0.25) is 5.91 Å². The number of fused-ring (bicyclic) bond motifs is 1. The van der Waals surface area contributed by atoms with Gasteiger partial charge in [-0.3, -0.25) is 14.6 Å². The molecule has 2 heterocycles. The number of nitrogens with zero attached hydrogens (tertiary/aromatic N) is 4. The third kappa shape index (κ3) is 5.08. The molecule has 0 saturated heterocycles. The van der Waals surface area contributed by atoms with Crippen molar-refractivity contribution in [2.75, 3.05) is 31.6 Å². The largest absolute Gasteiger partial charge is 0.361 e. The average molecular weight is 487 g/mol. The molecule has 0 bridgehead atoms. The number of anilines is 1. The van der Waals surface area contributed by atoms with E-state index in [0.29, 0.717) is 23.7 Å². The topological polar surface area (TPSA) is 56.2 Å². The van der Waals surface area contributed by atoms with Gasteiger partial charge in [-0.05, 0) is 47.0 Å². The summed E-state index contributed by atoms with van der Waals surface area (Å²) in [6, 6.07) is 22.9. The van der Waals surface area contributed by atoms with Gasteiger partial charge in [0.25, 0.3) is 5.91 Å². The predicted molar refractivity (Wildman–Crippen MR) is 139 cm³/mol. The summed E-state index contributed by atoms with van der Waals surface area (Å²) in [6.07, 6.45) is 0.810. The van der Waals surface area contributed by atoms with Crippen LogP contribution >= 0.6 is 11.6 Å². The highest BCUT2D eigenvalue weighted by Gasteiger charge is 2.29. The number of amidine groups is 1. The van der Waals surface area contributed by atoms with Crippen LogP contribution < -0.4 is 4.90 Å². The minimum absolute atomic E-state index is 0.0143. The highest BCUT2D eigenvalue weighted by atomic mass is 35.5. The Labute approximate surface area is 210 Å². The summed E-state index contributed by atoms with van der Waals surface area (Å²) >= 11 is 5.98. The van der Waals surface area contributed by atoms with Crippen LogP contribution in [-0.2, 0) is 24.3 Å². The molecule has 0 aliphatic carbocycles. The van der Waals surface area contributed by atoms with E-state index < -0.39 is 0 Å². The van der Waals surface area contributed by atoms with Gasteiger partial charge in [-0.25, -0.2) is 0 Å². The second-order valence-corrected chi connectivity index (χ2v) is 9.43. The molecule has 0 fully saturated rings. The van der Waals surface area contributed by atoms with Crippen molar-refractivity contribution in [2.24, 2.45) is 4.99 Å². The van der Waals surface area contributed by atoms with Crippen molar-refractivity contribution in [1.82, 2.24) is 9.80 Å². The second kappa shape index (κ2) is 9.92. The molecule has 3 aromatic rings. The molecular weight excluding hydrogens is 460 g/mol. The van der Waals surface area contributed by atoms with Crippen molar-refractivity contribution >= 4 is 34.9 Å². The number of hydrogen-bond acceptors (Lipinski definition) is 4. The van der Waals surface area contributed by atoms with E-state index in [1.165, 1.54) is 5.56 Å². The van der Waals surface area contributed by atoms with Crippen molar-refractivity contribution in [3.63, 3.8) is 0 Å². The predicted octanol–water partition coefficient (Wildman–Crippen LogP) is 4.42. The van der Waals surface area contributed by atoms with E-state index in [9.17, 15) is 9.59 Å². The summed E-state index contributed by atoms with van der Waals surface area (Å²) in [5.74, 6) is 0.818. The fraction of sp³-hybridized carbons (Fsp3) is 0.250. The Morgan fingerprint density at radius 1 is 0.943 bits per heavy atom. The number of carbonyl (C=O) groups is 2. The fourth-order valence-corrected chi connectivity index (χ4v) is 4.67. The van der Waals surface area contributed by atoms with E-state index in [4.69, 9.17) is 11.6 Å². The molecule has 0 radical (unpaired) electrons. The number of likely N-dealkylation sites (N-methyl/N-ethyl adjacent to an activating group) is 1. The van der Waals surface area contributed by atoms with Crippen molar-refractivity contribution < 1.29 is 9.59 Å². The van der Waals surface area contributed by atoms with Crippen molar-refractivity contribution in [3.8, 4) is 0 Å². The van der Waals surface area contributed by atoms with Gasteiger partial charge in [-0.15, -0.1) is 0 Å². The molecule has 0 N–H and O–H groups in total. The molecular formula is C28H27ClN4O2. The summed E-state index contributed by atoms with van der Waals surface area (Å²) in [6.45, 7) is 2.66. The Bertz CT molecular complexity index is 1270. The Morgan fingerprint density at radius 3 is 2.37 bits per heavy atom. The number of aliphatic imine (C=N–C) groups is 1. The van der Waals surface area contributed by atoms with Crippen LogP contribution in [-0.4, -0.2) is 54.1 Å². The third-order valence-corrected chi connectivity index (χ3v) is 6.80. The molecule has 178 valence electrons. The van der Waals surface area contributed by atoms with Crippen molar-refractivity contribution in [2.45, 2.75) is 19.5 Å². The zero-order chi connectivity index (χ0) is 24.4. The normalized spacial score (nSPS) is 15.7. The first-order valence-electron chi connectivity index (χ1n) is 11.7. The van der Waals surface area contributed by atoms with Crippen LogP contribution in [0.3, 0.4) is 0 Å². The lowest BCUT2D eigenvalue weighted by atomic mass is 10.1. The summed E-state index contributed by atoms with van der Waals surface area (Å²) in [5.41, 5.74) is 4.54. The van der Waals surface area contributed by atoms with Crippen molar-refractivity contribution in [1.29, 1.82) is 0 Å². The van der Waals surface area contributed by atoms with E-state index in [2.05, 4.69) is 41.2 Å². The SMILES string of the molecule is CN1CCN=C1Cc1ccc(CN2C(=O)CN(C(=O)c3ccc(Cl)cc3)Cc3ccccc32)cc1. The number of hydrogen-bond donors (Lipinski definition) is 0. The lowest BCUT2D eigenvalue weighted by Gasteiger charge is -2.23. The molecule has 7 heteroatoms. The molecule has 3 aromatic carbocycles. The molecule has 2 aliphatic heterocycles. The van der Waals surface area contributed by atoms with Crippen LogP contribution in [0.2, 0.25) is 5.02 Å². The van der Waals surface area contributed by atoms with Gasteiger partial charge in [0.15, 0.2) is 0 Å². The van der Waals surface area contributed by atoms with Crippen molar-refractivity contribution in [3.05, 3.63) is 100 Å². The van der Waals surface area contributed by atoms with Gasteiger partial charge in [-0.2, -0.15) is 0 Å². The maximum absolute atomic E-state index is 13.4. The number of halogens is 1. The van der Waals surface area contributed by atoms with E-state index in [1.807, 2.05) is 24.3 Å². The molecule has 35 heavy (non-hydrogen) atoms. The van der Waals surface area contributed by atoms with Gasteiger partial charge >= 0.3 is 0 Å².